The molecule has 2 atom stereocenters. The number of aryl methyl sites for hydroxylation is 1. The summed E-state index contributed by atoms with van der Waals surface area (Å²) in [5.74, 6) is -5.42. The molecule has 0 radical (unpaired) electrons. The zero-order chi connectivity index (χ0) is 37.3. The number of rotatable bonds is 7. The van der Waals surface area contributed by atoms with Crippen molar-refractivity contribution in [3.05, 3.63) is 101 Å². The van der Waals surface area contributed by atoms with Crippen LogP contribution in [0.1, 0.15) is 63.1 Å². The SMILES string of the molecule is Cc1ccc(S(=O)(=O)n2cc(-c3nc(NC4C5CCC(CC5)C4C(=O)O)c(F)c(-c4ccc(C(C)(C)C)cc4)c3C#N)c3cc(F)cc(F)c32)cc1. The molecule has 3 aliphatic carbocycles. The van der Waals surface area contributed by atoms with Crippen LogP contribution in [-0.2, 0) is 20.2 Å². The summed E-state index contributed by atoms with van der Waals surface area (Å²) in [6.45, 7) is 7.84. The number of fused-ring (bicyclic) bond motifs is 4. The first-order valence-electron chi connectivity index (χ1n) is 17.2. The number of aliphatic carboxylic acids is 1. The van der Waals surface area contributed by atoms with Gasteiger partial charge in [-0.15, -0.1) is 0 Å². The Balaban J connectivity index is 1.51. The van der Waals surface area contributed by atoms with Gasteiger partial charge in [-0.1, -0.05) is 62.7 Å². The Bertz CT molecular complexity index is 2390. The van der Waals surface area contributed by atoms with Crippen LogP contribution in [0.5, 0.6) is 0 Å². The van der Waals surface area contributed by atoms with Crippen LogP contribution in [0, 0.1) is 53.5 Å². The maximum absolute atomic E-state index is 17.0. The number of aromatic nitrogens is 2. The summed E-state index contributed by atoms with van der Waals surface area (Å²) >= 11 is 0. The predicted molar refractivity (Wildman–Crippen MR) is 192 cm³/mol. The molecule has 3 saturated carbocycles. The number of hydrogen-bond donors (Lipinski definition) is 2. The van der Waals surface area contributed by atoms with Crippen molar-refractivity contribution in [1.82, 2.24) is 8.96 Å². The van der Waals surface area contributed by atoms with Crippen LogP contribution < -0.4 is 5.32 Å². The second kappa shape index (κ2) is 12.8. The van der Waals surface area contributed by atoms with E-state index in [1.807, 2.05) is 39.0 Å². The van der Waals surface area contributed by atoms with Crippen molar-refractivity contribution < 1.29 is 31.5 Å². The molecule has 5 aromatic rings. The van der Waals surface area contributed by atoms with Gasteiger partial charge in [0.25, 0.3) is 10.0 Å². The second-order valence-electron chi connectivity index (χ2n) is 15.0. The lowest BCUT2D eigenvalue weighted by Crippen LogP contribution is -2.51. The van der Waals surface area contributed by atoms with Crippen LogP contribution in [-0.4, -0.2) is 34.5 Å². The van der Waals surface area contributed by atoms with Crippen LogP contribution in [0.3, 0.4) is 0 Å². The number of nitrogens with one attached hydrogen (secondary N) is 1. The molecule has 268 valence electrons. The molecule has 2 N–H and O–H groups in total. The first-order chi connectivity index (χ1) is 24.6. The third kappa shape index (κ3) is 5.90. The molecule has 8 nitrogen and oxygen atoms in total. The Hall–Kier alpha value is -5.15. The fourth-order valence-corrected chi connectivity index (χ4v) is 9.37. The van der Waals surface area contributed by atoms with E-state index in [0.717, 1.165) is 49.1 Å². The minimum absolute atomic E-state index is 0.0781. The molecule has 8 rings (SSSR count). The molecule has 0 aliphatic heterocycles. The number of carboxylic acid groups (broad SMARTS) is 1. The van der Waals surface area contributed by atoms with E-state index in [2.05, 4.69) is 10.3 Å². The van der Waals surface area contributed by atoms with Gasteiger partial charge in [0.05, 0.1) is 22.1 Å². The number of hydrogen-bond acceptors (Lipinski definition) is 6. The third-order valence-electron chi connectivity index (χ3n) is 10.7. The molecule has 3 fully saturated rings. The Morgan fingerprint density at radius 2 is 1.62 bits per heavy atom. The highest BCUT2D eigenvalue weighted by Crippen LogP contribution is 2.48. The maximum atomic E-state index is 17.0. The van der Waals surface area contributed by atoms with E-state index in [-0.39, 0.29) is 55.7 Å². The van der Waals surface area contributed by atoms with Crippen molar-refractivity contribution in [2.45, 2.75) is 69.7 Å². The molecule has 2 aromatic heterocycles. The monoisotopic (exact) mass is 726 g/mol. The summed E-state index contributed by atoms with van der Waals surface area (Å²) < 4.78 is 76.5. The number of nitrogens with zero attached hydrogens (tertiary/aromatic N) is 3. The highest BCUT2D eigenvalue weighted by molar-refractivity contribution is 7.90. The molecule has 52 heavy (non-hydrogen) atoms. The Morgan fingerprint density at radius 3 is 2.21 bits per heavy atom. The smallest absolute Gasteiger partial charge is 0.308 e. The molecule has 0 spiro atoms. The Labute approximate surface area is 300 Å². The van der Waals surface area contributed by atoms with Gasteiger partial charge in [-0.3, -0.25) is 4.79 Å². The zero-order valence-corrected chi connectivity index (χ0v) is 29.9. The first kappa shape index (κ1) is 35.3. The lowest BCUT2D eigenvalue weighted by atomic mass is 9.61. The van der Waals surface area contributed by atoms with E-state index in [1.54, 1.807) is 31.2 Å². The average Bonchev–Trinajstić information content (AvgIpc) is 3.49. The predicted octanol–water partition coefficient (Wildman–Crippen LogP) is 8.80. The molecule has 2 unspecified atom stereocenters. The van der Waals surface area contributed by atoms with Gasteiger partial charge in [0, 0.05) is 34.8 Å². The third-order valence-corrected chi connectivity index (χ3v) is 12.4. The molecular formula is C40H37F3N4O4S. The number of pyridine rings is 1. The lowest BCUT2D eigenvalue weighted by Gasteiger charge is -2.47. The van der Waals surface area contributed by atoms with Gasteiger partial charge < -0.3 is 10.4 Å². The first-order valence-corrected chi connectivity index (χ1v) is 18.6. The van der Waals surface area contributed by atoms with Gasteiger partial charge in [-0.25, -0.2) is 30.5 Å². The van der Waals surface area contributed by atoms with Gasteiger partial charge in [-0.05, 0) is 79.2 Å². The Kier molecular flexibility index (Phi) is 8.69. The molecule has 2 heterocycles. The van der Waals surface area contributed by atoms with E-state index in [1.165, 1.54) is 12.1 Å². The summed E-state index contributed by atoms with van der Waals surface area (Å²) in [6.07, 6.45) is 4.06. The second-order valence-corrected chi connectivity index (χ2v) is 16.8. The standard InChI is InChI=1S/C40H37F3N4O4S/c1-21-5-15-27(16-6-21)52(50,51)47-20-30(28-17-26(41)18-31(42)37(28)47)36-29(19-44)32(22-11-13-25(14-12-22)40(2,3)4)34(43)38(46-36)45-35-24-9-7-23(8-10-24)33(35)39(48)49/h5-6,11-18,20,23-24,33,35H,7-10H2,1-4H3,(H,45,46)(H,48,49). The average molecular weight is 727 g/mol. The van der Waals surface area contributed by atoms with Crippen molar-refractivity contribution in [1.29, 1.82) is 5.26 Å². The molecule has 12 heteroatoms. The number of carboxylic acids is 1. The van der Waals surface area contributed by atoms with Crippen molar-refractivity contribution in [2.75, 3.05) is 5.32 Å². The minimum Gasteiger partial charge on any atom is -0.481 e. The van der Waals surface area contributed by atoms with Crippen molar-refractivity contribution in [3.8, 4) is 28.5 Å². The summed E-state index contributed by atoms with van der Waals surface area (Å²) in [5, 5.41) is 23.8. The minimum atomic E-state index is -4.48. The number of halogens is 3. The van der Waals surface area contributed by atoms with Crippen LogP contribution in [0.2, 0.25) is 0 Å². The van der Waals surface area contributed by atoms with Gasteiger partial charge >= 0.3 is 5.97 Å². The molecule has 2 bridgehead atoms. The van der Waals surface area contributed by atoms with Crippen LogP contribution in [0.25, 0.3) is 33.3 Å². The van der Waals surface area contributed by atoms with Gasteiger partial charge in [0.15, 0.2) is 17.5 Å². The van der Waals surface area contributed by atoms with Crippen LogP contribution in [0.4, 0.5) is 19.0 Å². The highest BCUT2D eigenvalue weighted by atomic mass is 32.2. The van der Waals surface area contributed by atoms with E-state index in [4.69, 9.17) is 0 Å². The molecule has 0 saturated heterocycles. The molecule has 3 aromatic carbocycles. The maximum Gasteiger partial charge on any atom is 0.308 e. The number of carbonyl (C=O) groups is 1. The Morgan fingerprint density at radius 1 is 0.981 bits per heavy atom. The summed E-state index contributed by atoms with van der Waals surface area (Å²) in [4.78, 5) is 16.9. The van der Waals surface area contributed by atoms with Gasteiger partial charge in [-0.2, -0.15) is 5.26 Å². The topological polar surface area (TPSA) is 125 Å². The lowest BCUT2D eigenvalue weighted by molar-refractivity contribution is -0.148. The molecule has 3 aliphatic rings. The summed E-state index contributed by atoms with van der Waals surface area (Å²) in [6, 6.07) is 15.7. The fourth-order valence-electron chi connectivity index (χ4n) is 7.99. The highest BCUT2D eigenvalue weighted by Gasteiger charge is 2.48. The van der Waals surface area contributed by atoms with Crippen LogP contribution in [0.15, 0.2) is 71.8 Å². The van der Waals surface area contributed by atoms with Gasteiger partial charge in [0.2, 0.25) is 0 Å². The van der Waals surface area contributed by atoms with E-state index in [9.17, 15) is 28.0 Å². The van der Waals surface area contributed by atoms with E-state index < -0.39 is 50.9 Å². The number of nitriles is 1. The summed E-state index contributed by atoms with van der Waals surface area (Å²) in [7, 11) is -4.48. The summed E-state index contributed by atoms with van der Waals surface area (Å²) in [5.41, 5.74) is 0.523. The largest absolute Gasteiger partial charge is 0.481 e. The van der Waals surface area contributed by atoms with E-state index in [0.29, 0.717) is 15.6 Å². The number of benzene rings is 3. The molecule has 0 amide bonds. The van der Waals surface area contributed by atoms with Gasteiger partial charge in [0.1, 0.15) is 17.4 Å². The number of anilines is 1. The normalized spacial score (nSPS) is 20.2. The zero-order valence-electron chi connectivity index (χ0n) is 29.0. The van der Waals surface area contributed by atoms with Crippen molar-refractivity contribution >= 4 is 32.7 Å². The van der Waals surface area contributed by atoms with Crippen LogP contribution >= 0.6 is 0 Å². The van der Waals surface area contributed by atoms with Crippen molar-refractivity contribution in [3.63, 3.8) is 0 Å². The quantitative estimate of drug-likeness (QED) is 0.172. The fraction of sp³-hybridized carbons (Fsp3) is 0.325. The van der Waals surface area contributed by atoms with Crippen molar-refractivity contribution in [2.24, 2.45) is 17.8 Å². The molecular weight excluding hydrogens is 690 g/mol. The van der Waals surface area contributed by atoms with E-state index >= 15 is 8.78 Å².